The monoisotopic (exact) mass is 246 g/mol. The van der Waals surface area contributed by atoms with Crippen molar-refractivity contribution in [2.75, 3.05) is 6.61 Å². The highest BCUT2D eigenvalue weighted by Gasteiger charge is 2.05. The van der Waals surface area contributed by atoms with Gasteiger partial charge >= 0.3 is 0 Å². The van der Waals surface area contributed by atoms with E-state index in [-0.39, 0.29) is 18.5 Å². The van der Waals surface area contributed by atoms with E-state index in [0.717, 1.165) is 17.0 Å². The van der Waals surface area contributed by atoms with Crippen LogP contribution in [0.15, 0.2) is 42.5 Å². The molecule has 0 radical (unpaired) electrons. The molecule has 1 aromatic carbocycles. The van der Waals surface area contributed by atoms with Crippen LogP contribution < -0.4 is 5.73 Å². The van der Waals surface area contributed by atoms with Crippen molar-refractivity contribution in [2.45, 2.75) is 12.5 Å². The number of halogens is 1. The van der Waals surface area contributed by atoms with Crippen LogP contribution >= 0.6 is 0 Å². The van der Waals surface area contributed by atoms with Crippen LogP contribution in [0.3, 0.4) is 0 Å². The number of rotatable bonds is 4. The molecular formula is C14H15FN2O. The van der Waals surface area contributed by atoms with Gasteiger partial charge in [-0.25, -0.2) is 4.39 Å². The average Bonchev–Trinajstić information content (AvgIpc) is 2.40. The summed E-state index contributed by atoms with van der Waals surface area (Å²) < 4.78 is 12.8. The van der Waals surface area contributed by atoms with E-state index in [4.69, 9.17) is 10.8 Å². The van der Waals surface area contributed by atoms with Gasteiger partial charge in [0, 0.05) is 23.7 Å². The van der Waals surface area contributed by atoms with Gasteiger partial charge in [0.05, 0.1) is 12.3 Å². The normalized spacial score (nSPS) is 12.4. The Hall–Kier alpha value is -1.78. The molecule has 1 unspecified atom stereocenters. The van der Waals surface area contributed by atoms with Crippen molar-refractivity contribution in [1.82, 2.24) is 4.98 Å². The van der Waals surface area contributed by atoms with Gasteiger partial charge in [0.1, 0.15) is 5.82 Å². The predicted molar refractivity (Wildman–Crippen MR) is 68.4 cm³/mol. The number of hydrogen-bond acceptors (Lipinski definition) is 3. The number of aromatic nitrogens is 1. The lowest BCUT2D eigenvalue weighted by molar-refractivity contribution is 0.264. The van der Waals surface area contributed by atoms with Gasteiger partial charge in [-0.15, -0.1) is 0 Å². The van der Waals surface area contributed by atoms with Crippen LogP contribution in [0.1, 0.15) is 5.69 Å². The molecule has 2 rings (SSSR count). The van der Waals surface area contributed by atoms with Gasteiger partial charge in [0.25, 0.3) is 0 Å². The Labute approximate surface area is 105 Å². The number of nitrogens with two attached hydrogens (primary N) is 1. The van der Waals surface area contributed by atoms with E-state index >= 15 is 0 Å². The van der Waals surface area contributed by atoms with Gasteiger partial charge in [-0.3, -0.25) is 4.98 Å². The number of nitrogens with zero attached hydrogens (tertiary/aromatic N) is 1. The van der Waals surface area contributed by atoms with Crippen LogP contribution in [-0.4, -0.2) is 22.7 Å². The molecule has 4 heteroatoms. The third-order valence-electron chi connectivity index (χ3n) is 2.65. The fourth-order valence-corrected chi connectivity index (χ4v) is 1.71. The second-order valence-corrected chi connectivity index (χ2v) is 4.17. The zero-order chi connectivity index (χ0) is 13.0. The molecule has 0 aliphatic heterocycles. The first-order valence-corrected chi connectivity index (χ1v) is 5.77. The summed E-state index contributed by atoms with van der Waals surface area (Å²) in [7, 11) is 0. The maximum Gasteiger partial charge on any atom is 0.123 e. The SMILES string of the molecule is NC(CO)Cc1cccc(-c2ccc(F)cc2)n1. The minimum Gasteiger partial charge on any atom is -0.395 e. The highest BCUT2D eigenvalue weighted by atomic mass is 19.1. The molecule has 0 aliphatic carbocycles. The highest BCUT2D eigenvalue weighted by Crippen LogP contribution is 2.17. The first-order chi connectivity index (χ1) is 8.69. The molecular weight excluding hydrogens is 231 g/mol. The van der Waals surface area contributed by atoms with E-state index < -0.39 is 0 Å². The number of pyridine rings is 1. The fraction of sp³-hybridized carbons (Fsp3) is 0.214. The summed E-state index contributed by atoms with van der Waals surface area (Å²) in [5.41, 5.74) is 8.12. The summed E-state index contributed by atoms with van der Waals surface area (Å²) in [6, 6.07) is 11.5. The second-order valence-electron chi connectivity index (χ2n) is 4.17. The summed E-state index contributed by atoms with van der Waals surface area (Å²) in [6.07, 6.45) is 0.519. The summed E-state index contributed by atoms with van der Waals surface area (Å²) in [5, 5.41) is 8.92. The topological polar surface area (TPSA) is 59.1 Å². The Morgan fingerprint density at radius 2 is 1.89 bits per heavy atom. The third-order valence-corrected chi connectivity index (χ3v) is 2.65. The van der Waals surface area contributed by atoms with Gasteiger partial charge in [-0.1, -0.05) is 6.07 Å². The quantitative estimate of drug-likeness (QED) is 0.864. The minimum atomic E-state index is -0.305. The number of aliphatic hydroxyl groups is 1. The van der Waals surface area contributed by atoms with Crippen molar-refractivity contribution >= 4 is 0 Å². The molecule has 0 fully saturated rings. The molecule has 0 aliphatic rings. The maximum atomic E-state index is 12.8. The fourth-order valence-electron chi connectivity index (χ4n) is 1.71. The molecule has 18 heavy (non-hydrogen) atoms. The van der Waals surface area contributed by atoms with Crippen molar-refractivity contribution in [3.63, 3.8) is 0 Å². The van der Waals surface area contributed by atoms with Crippen LogP contribution in [0.4, 0.5) is 4.39 Å². The van der Waals surface area contributed by atoms with Crippen molar-refractivity contribution in [1.29, 1.82) is 0 Å². The molecule has 0 amide bonds. The minimum absolute atomic E-state index is 0.0670. The number of hydrogen-bond donors (Lipinski definition) is 2. The van der Waals surface area contributed by atoms with Gasteiger partial charge < -0.3 is 10.8 Å². The second kappa shape index (κ2) is 5.71. The molecule has 0 saturated heterocycles. The first-order valence-electron chi connectivity index (χ1n) is 5.77. The molecule has 1 heterocycles. The number of aliphatic hydroxyl groups excluding tert-OH is 1. The Balaban J connectivity index is 2.24. The highest BCUT2D eigenvalue weighted by molar-refractivity contribution is 5.58. The lowest BCUT2D eigenvalue weighted by Crippen LogP contribution is -2.27. The van der Waals surface area contributed by atoms with Crippen LogP contribution in [0, 0.1) is 5.82 Å². The van der Waals surface area contributed by atoms with Crippen LogP contribution in [-0.2, 0) is 6.42 Å². The van der Waals surface area contributed by atoms with E-state index in [9.17, 15) is 4.39 Å². The lowest BCUT2D eigenvalue weighted by Gasteiger charge is -2.08. The Bertz CT molecular complexity index is 513. The van der Waals surface area contributed by atoms with Gasteiger partial charge in [0.15, 0.2) is 0 Å². The summed E-state index contributed by atoms with van der Waals surface area (Å²) in [6.45, 7) is -0.0670. The van der Waals surface area contributed by atoms with E-state index in [1.165, 1.54) is 12.1 Å². The van der Waals surface area contributed by atoms with Crippen LogP contribution in [0.2, 0.25) is 0 Å². The van der Waals surface area contributed by atoms with Gasteiger partial charge in [-0.05, 0) is 36.4 Å². The standard InChI is InChI=1S/C14H15FN2O/c15-11-6-4-10(5-7-11)14-3-1-2-13(17-14)8-12(16)9-18/h1-7,12,18H,8-9,16H2. The summed E-state index contributed by atoms with van der Waals surface area (Å²) in [5.74, 6) is -0.266. The van der Waals surface area contributed by atoms with E-state index in [1.54, 1.807) is 12.1 Å². The Morgan fingerprint density at radius 1 is 1.17 bits per heavy atom. The van der Waals surface area contributed by atoms with E-state index in [2.05, 4.69) is 4.98 Å². The Kier molecular flexibility index (Phi) is 4.02. The molecule has 94 valence electrons. The van der Waals surface area contributed by atoms with Gasteiger partial charge in [-0.2, -0.15) is 0 Å². The molecule has 0 bridgehead atoms. The van der Waals surface area contributed by atoms with Crippen molar-refractivity contribution in [3.8, 4) is 11.3 Å². The van der Waals surface area contributed by atoms with E-state index in [0.29, 0.717) is 6.42 Å². The maximum absolute atomic E-state index is 12.8. The molecule has 0 spiro atoms. The van der Waals surface area contributed by atoms with E-state index in [1.807, 2.05) is 18.2 Å². The lowest BCUT2D eigenvalue weighted by atomic mass is 10.1. The van der Waals surface area contributed by atoms with Crippen LogP contribution in [0.5, 0.6) is 0 Å². The first kappa shape index (κ1) is 12.7. The van der Waals surface area contributed by atoms with Crippen molar-refractivity contribution in [3.05, 3.63) is 54.0 Å². The number of benzene rings is 1. The molecule has 3 nitrogen and oxygen atoms in total. The summed E-state index contributed by atoms with van der Waals surface area (Å²) in [4.78, 5) is 4.45. The van der Waals surface area contributed by atoms with Gasteiger partial charge in [0.2, 0.25) is 0 Å². The van der Waals surface area contributed by atoms with Crippen LogP contribution in [0.25, 0.3) is 11.3 Å². The van der Waals surface area contributed by atoms with Crippen molar-refractivity contribution in [2.24, 2.45) is 5.73 Å². The predicted octanol–water partition coefficient (Wildman–Crippen LogP) is 1.75. The molecule has 0 saturated carbocycles. The molecule has 3 N–H and O–H groups in total. The molecule has 1 atom stereocenters. The zero-order valence-corrected chi connectivity index (χ0v) is 9.88. The Morgan fingerprint density at radius 3 is 2.56 bits per heavy atom. The largest absolute Gasteiger partial charge is 0.395 e. The molecule has 2 aromatic rings. The summed E-state index contributed by atoms with van der Waals surface area (Å²) >= 11 is 0. The zero-order valence-electron chi connectivity index (χ0n) is 9.88. The van der Waals surface area contributed by atoms with Crippen molar-refractivity contribution < 1.29 is 9.50 Å². The molecule has 1 aromatic heterocycles. The third kappa shape index (κ3) is 3.12. The smallest absolute Gasteiger partial charge is 0.123 e. The average molecular weight is 246 g/mol.